The highest BCUT2D eigenvalue weighted by Gasteiger charge is 2.33. The number of likely N-dealkylation sites (N-methyl/N-ethyl adjacent to an activating group) is 1. The highest BCUT2D eigenvalue weighted by atomic mass is 35.5. The molecule has 3 aromatic carbocycles. The van der Waals surface area contributed by atoms with Gasteiger partial charge in [-0.3, -0.25) is 13.9 Å². The summed E-state index contributed by atoms with van der Waals surface area (Å²) < 4.78 is 28.8. The maximum atomic E-state index is 13.9. The van der Waals surface area contributed by atoms with Crippen LogP contribution in [0.3, 0.4) is 0 Å². The molecule has 0 aliphatic carbocycles. The van der Waals surface area contributed by atoms with Crippen molar-refractivity contribution in [3.63, 3.8) is 0 Å². The van der Waals surface area contributed by atoms with E-state index in [2.05, 4.69) is 5.32 Å². The first-order valence-electron chi connectivity index (χ1n) is 12.1. The molecule has 0 aromatic heterocycles. The molecule has 202 valence electrons. The summed E-state index contributed by atoms with van der Waals surface area (Å²) in [5, 5.41) is 3.40. The standard InChI is InChI=1S/C28H31Cl2N3O4S/c1-5-31-28(35)21(4)32(17-22-13-14-24(29)25(30)16-22)27(34)18-33(26-15-19(2)11-12-20(26)3)38(36,37)23-9-7-6-8-10-23/h6-16,21H,5,17-18H2,1-4H3,(H,31,35)/t21-/m0/s1. The molecular formula is C28H31Cl2N3O4S. The predicted octanol–water partition coefficient (Wildman–Crippen LogP) is 5.36. The monoisotopic (exact) mass is 575 g/mol. The summed E-state index contributed by atoms with van der Waals surface area (Å²) in [4.78, 5) is 28.1. The summed E-state index contributed by atoms with van der Waals surface area (Å²) in [7, 11) is -4.12. The number of hydrogen-bond donors (Lipinski definition) is 1. The van der Waals surface area contributed by atoms with Crippen LogP contribution in [0.2, 0.25) is 10.0 Å². The number of carbonyl (C=O) groups excluding carboxylic acids is 2. The summed E-state index contributed by atoms with van der Waals surface area (Å²) in [6.07, 6.45) is 0. The number of anilines is 1. The van der Waals surface area contributed by atoms with Crippen LogP contribution in [0.1, 0.15) is 30.5 Å². The number of hydrogen-bond acceptors (Lipinski definition) is 4. The van der Waals surface area contributed by atoms with Gasteiger partial charge in [0.1, 0.15) is 12.6 Å². The van der Waals surface area contributed by atoms with Crippen molar-refractivity contribution in [2.75, 3.05) is 17.4 Å². The number of carbonyl (C=O) groups is 2. The van der Waals surface area contributed by atoms with Crippen molar-refractivity contribution < 1.29 is 18.0 Å². The maximum Gasteiger partial charge on any atom is 0.264 e. The van der Waals surface area contributed by atoms with Crippen LogP contribution in [0.5, 0.6) is 0 Å². The third-order valence-electron chi connectivity index (χ3n) is 6.10. The van der Waals surface area contributed by atoms with E-state index in [1.165, 1.54) is 17.0 Å². The van der Waals surface area contributed by atoms with E-state index < -0.39 is 28.5 Å². The number of sulfonamides is 1. The normalized spacial score (nSPS) is 12.1. The molecule has 7 nitrogen and oxygen atoms in total. The molecular weight excluding hydrogens is 545 g/mol. The summed E-state index contributed by atoms with van der Waals surface area (Å²) in [5.41, 5.74) is 2.57. The fraction of sp³-hybridized carbons (Fsp3) is 0.286. The average molecular weight is 577 g/mol. The van der Waals surface area contributed by atoms with E-state index in [0.717, 1.165) is 9.87 Å². The quantitative estimate of drug-likeness (QED) is 0.352. The lowest BCUT2D eigenvalue weighted by molar-refractivity contribution is -0.139. The van der Waals surface area contributed by atoms with Crippen LogP contribution in [0, 0.1) is 13.8 Å². The SMILES string of the molecule is CCNC(=O)[C@H](C)N(Cc1ccc(Cl)c(Cl)c1)C(=O)CN(c1cc(C)ccc1C)S(=O)(=O)c1ccccc1. The van der Waals surface area contributed by atoms with Crippen molar-refractivity contribution in [2.24, 2.45) is 0 Å². The number of nitrogens with one attached hydrogen (secondary N) is 1. The van der Waals surface area contributed by atoms with E-state index in [9.17, 15) is 18.0 Å². The molecule has 3 aromatic rings. The van der Waals surface area contributed by atoms with Crippen molar-refractivity contribution in [3.8, 4) is 0 Å². The van der Waals surface area contributed by atoms with E-state index in [1.54, 1.807) is 63.2 Å². The van der Waals surface area contributed by atoms with E-state index in [0.29, 0.717) is 33.4 Å². The number of nitrogens with zero attached hydrogens (tertiary/aromatic N) is 2. The van der Waals surface area contributed by atoms with Crippen LogP contribution in [0.25, 0.3) is 0 Å². The van der Waals surface area contributed by atoms with Crippen LogP contribution in [0.4, 0.5) is 5.69 Å². The minimum Gasteiger partial charge on any atom is -0.355 e. The third kappa shape index (κ3) is 6.87. The molecule has 0 heterocycles. The zero-order chi connectivity index (χ0) is 28.0. The van der Waals surface area contributed by atoms with Gasteiger partial charge in [-0.05, 0) is 74.7 Å². The number of aryl methyl sites for hydroxylation is 2. The number of amides is 2. The molecule has 3 rings (SSSR count). The van der Waals surface area contributed by atoms with Crippen molar-refractivity contribution >= 4 is 50.7 Å². The van der Waals surface area contributed by atoms with Crippen molar-refractivity contribution in [3.05, 3.63) is 93.5 Å². The molecule has 0 bridgehead atoms. The highest BCUT2D eigenvalue weighted by Crippen LogP contribution is 2.29. The van der Waals surface area contributed by atoms with E-state index in [-0.39, 0.29) is 17.3 Å². The van der Waals surface area contributed by atoms with Gasteiger partial charge in [-0.15, -0.1) is 0 Å². The number of rotatable bonds is 10. The minimum absolute atomic E-state index is 0.0278. The molecule has 0 saturated carbocycles. The Bertz CT molecular complexity index is 1410. The summed E-state index contributed by atoms with van der Waals surface area (Å²) in [6, 6.07) is 17.4. The fourth-order valence-corrected chi connectivity index (χ4v) is 5.77. The van der Waals surface area contributed by atoms with Gasteiger partial charge in [-0.25, -0.2) is 8.42 Å². The summed E-state index contributed by atoms with van der Waals surface area (Å²) >= 11 is 12.2. The van der Waals surface area contributed by atoms with Gasteiger partial charge >= 0.3 is 0 Å². The Morgan fingerprint density at radius 3 is 2.26 bits per heavy atom. The molecule has 0 radical (unpaired) electrons. The Labute approximate surface area is 234 Å². The average Bonchev–Trinajstić information content (AvgIpc) is 2.89. The fourth-order valence-electron chi connectivity index (χ4n) is 3.96. The summed E-state index contributed by atoms with van der Waals surface area (Å²) in [6.45, 7) is 6.93. The molecule has 0 spiro atoms. The second-order valence-corrected chi connectivity index (χ2v) is 11.6. The molecule has 38 heavy (non-hydrogen) atoms. The molecule has 2 amide bonds. The van der Waals surface area contributed by atoms with Crippen molar-refractivity contribution in [1.82, 2.24) is 10.2 Å². The first kappa shape index (κ1) is 29.5. The zero-order valence-electron chi connectivity index (χ0n) is 21.7. The second kappa shape index (κ2) is 12.7. The predicted molar refractivity (Wildman–Crippen MR) is 152 cm³/mol. The Kier molecular flexibility index (Phi) is 9.82. The van der Waals surface area contributed by atoms with Gasteiger partial charge in [0.25, 0.3) is 10.0 Å². The van der Waals surface area contributed by atoms with E-state index >= 15 is 0 Å². The number of benzene rings is 3. The molecule has 1 atom stereocenters. The Hall–Kier alpha value is -3.07. The van der Waals surface area contributed by atoms with E-state index in [1.807, 2.05) is 19.1 Å². The van der Waals surface area contributed by atoms with Gasteiger partial charge in [0.15, 0.2) is 0 Å². The molecule has 10 heteroatoms. The molecule has 0 unspecified atom stereocenters. The zero-order valence-corrected chi connectivity index (χ0v) is 24.1. The van der Waals surface area contributed by atoms with Gasteiger partial charge in [0.2, 0.25) is 11.8 Å². The van der Waals surface area contributed by atoms with Crippen LogP contribution >= 0.6 is 23.2 Å². The lowest BCUT2D eigenvalue weighted by Gasteiger charge is -2.32. The molecule has 0 saturated heterocycles. The van der Waals surface area contributed by atoms with Gasteiger partial charge in [-0.1, -0.05) is 59.6 Å². The maximum absolute atomic E-state index is 13.9. The highest BCUT2D eigenvalue weighted by molar-refractivity contribution is 7.92. The van der Waals surface area contributed by atoms with Crippen molar-refractivity contribution in [1.29, 1.82) is 0 Å². The summed E-state index contributed by atoms with van der Waals surface area (Å²) in [5.74, 6) is -0.902. The molecule has 0 fully saturated rings. The van der Waals surface area contributed by atoms with Crippen LogP contribution < -0.4 is 9.62 Å². The topological polar surface area (TPSA) is 86.8 Å². The van der Waals surface area contributed by atoms with Crippen LogP contribution in [0.15, 0.2) is 71.6 Å². The first-order valence-corrected chi connectivity index (χ1v) is 14.3. The lowest BCUT2D eigenvalue weighted by atomic mass is 10.1. The Morgan fingerprint density at radius 2 is 1.63 bits per heavy atom. The Morgan fingerprint density at radius 1 is 0.947 bits per heavy atom. The molecule has 1 N–H and O–H groups in total. The molecule has 0 aliphatic heterocycles. The smallest absolute Gasteiger partial charge is 0.264 e. The van der Waals surface area contributed by atoms with Gasteiger partial charge in [0, 0.05) is 13.1 Å². The number of halogens is 2. The van der Waals surface area contributed by atoms with Gasteiger partial charge in [-0.2, -0.15) is 0 Å². The van der Waals surface area contributed by atoms with Gasteiger partial charge in [0.05, 0.1) is 20.6 Å². The third-order valence-corrected chi connectivity index (χ3v) is 8.61. The van der Waals surface area contributed by atoms with E-state index in [4.69, 9.17) is 23.2 Å². The van der Waals surface area contributed by atoms with Crippen LogP contribution in [-0.4, -0.2) is 44.3 Å². The minimum atomic E-state index is -4.12. The first-order chi connectivity index (χ1) is 17.9. The lowest BCUT2D eigenvalue weighted by Crippen LogP contribution is -2.51. The molecule has 0 aliphatic rings. The largest absolute Gasteiger partial charge is 0.355 e. The Balaban J connectivity index is 2.07. The van der Waals surface area contributed by atoms with Gasteiger partial charge < -0.3 is 10.2 Å². The van der Waals surface area contributed by atoms with Crippen LogP contribution in [-0.2, 0) is 26.2 Å². The second-order valence-electron chi connectivity index (χ2n) is 8.96. The van der Waals surface area contributed by atoms with Crippen molar-refractivity contribution in [2.45, 2.75) is 45.2 Å².